The van der Waals surface area contributed by atoms with Crippen molar-refractivity contribution in [3.63, 3.8) is 0 Å². The normalized spacial score (nSPS) is 16.1. The first-order valence-electron chi connectivity index (χ1n) is 8.94. The van der Waals surface area contributed by atoms with Crippen LogP contribution in [0.2, 0.25) is 0 Å². The SMILES string of the molecule is O=C(/C=C/C1CCCCC1)c1cc(C(F)(F)F)ccc1-c1ccccc1. The molecule has 0 atom stereocenters. The standard InChI is InChI=1S/C22H21F3O/c23-22(24,25)18-12-13-19(17-9-5-2-6-10-17)20(15-18)21(26)14-11-16-7-3-1-4-8-16/h2,5-6,9-16H,1,3-4,7-8H2/b14-11+. The van der Waals surface area contributed by atoms with Crippen molar-refractivity contribution in [3.05, 3.63) is 71.8 Å². The lowest BCUT2D eigenvalue weighted by molar-refractivity contribution is -0.137. The van der Waals surface area contributed by atoms with E-state index in [0.29, 0.717) is 11.5 Å². The highest BCUT2D eigenvalue weighted by atomic mass is 19.4. The van der Waals surface area contributed by atoms with Crippen molar-refractivity contribution >= 4 is 5.78 Å². The highest BCUT2D eigenvalue weighted by Crippen LogP contribution is 2.34. The lowest BCUT2D eigenvalue weighted by atomic mass is 9.88. The van der Waals surface area contributed by atoms with Gasteiger partial charge >= 0.3 is 6.18 Å². The molecule has 4 heteroatoms. The molecule has 0 heterocycles. The number of allylic oxidation sites excluding steroid dienone is 2. The summed E-state index contributed by atoms with van der Waals surface area (Å²) in [6, 6.07) is 12.4. The minimum absolute atomic E-state index is 0.0954. The zero-order valence-corrected chi connectivity index (χ0v) is 14.4. The smallest absolute Gasteiger partial charge is 0.289 e. The Morgan fingerprint density at radius 2 is 1.65 bits per heavy atom. The van der Waals surface area contributed by atoms with Gasteiger partial charge in [0.15, 0.2) is 5.78 Å². The lowest BCUT2D eigenvalue weighted by Gasteiger charge is -2.17. The minimum atomic E-state index is -4.47. The molecule has 0 aliphatic heterocycles. The zero-order valence-electron chi connectivity index (χ0n) is 14.4. The van der Waals surface area contributed by atoms with Gasteiger partial charge in [0.2, 0.25) is 0 Å². The third-order valence-corrected chi connectivity index (χ3v) is 4.87. The summed E-state index contributed by atoms with van der Waals surface area (Å²) >= 11 is 0. The molecule has 0 unspecified atom stereocenters. The van der Waals surface area contributed by atoms with E-state index in [0.717, 1.165) is 43.4 Å². The second-order valence-electron chi connectivity index (χ2n) is 6.75. The Morgan fingerprint density at radius 1 is 0.962 bits per heavy atom. The van der Waals surface area contributed by atoms with Crippen LogP contribution in [0.4, 0.5) is 13.2 Å². The second-order valence-corrected chi connectivity index (χ2v) is 6.75. The van der Waals surface area contributed by atoms with Gasteiger partial charge in [0, 0.05) is 5.56 Å². The van der Waals surface area contributed by atoms with Crippen LogP contribution in [0.25, 0.3) is 11.1 Å². The number of rotatable bonds is 4. The summed E-state index contributed by atoms with van der Waals surface area (Å²) < 4.78 is 39.3. The molecule has 0 radical (unpaired) electrons. The molecule has 1 fully saturated rings. The van der Waals surface area contributed by atoms with Crippen LogP contribution in [0.5, 0.6) is 0 Å². The molecule has 2 aromatic rings. The van der Waals surface area contributed by atoms with E-state index >= 15 is 0 Å². The Kier molecular flexibility index (Phi) is 5.60. The Morgan fingerprint density at radius 3 is 2.31 bits per heavy atom. The van der Waals surface area contributed by atoms with Crippen LogP contribution >= 0.6 is 0 Å². The van der Waals surface area contributed by atoms with E-state index in [4.69, 9.17) is 0 Å². The van der Waals surface area contributed by atoms with Gasteiger partial charge in [-0.15, -0.1) is 0 Å². The summed E-state index contributed by atoms with van der Waals surface area (Å²) in [6.45, 7) is 0. The summed E-state index contributed by atoms with van der Waals surface area (Å²) in [5, 5.41) is 0. The highest BCUT2D eigenvalue weighted by Gasteiger charge is 2.31. The summed E-state index contributed by atoms with van der Waals surface area (Å²) in [7, 11) is 0. The number of halogens is 3. The Bertz CT molecular complexity index is 785. The van der Waals surface area contributed by atoms with Crippen LogP contribution in [0, 0.1) is 5.92 Å². The van der Waals surface area contributed by atoms with E-state index in [1.54, 1.807) is 24.3 Å². The quantitative estimate of drug-likeness (QED) is 0.439. The van der Waals surface area contributed by atoms with Crippen molar-refractivity contribution in [1.82, 2.24) is 0 Å². The topological polar surface area (TPSA) is 17.1 Å². The van der Waals surface area contributed by atoms with Gasteiger partial charge in [-0.25, -0.2) is 0 Å². The zero-order chi connectivity index (χ0) is 18.6. The molecule has 1 nitrogen and oxygen atoms in total. The second kappa shape index (κ2) is 7.90. The number of ketones is 1. The van der Waals surface area contributed by atoms with Crippen molar-refractivity contribution in [2.45, 2.75) is 38.3 Å². The Balaban J connectivity index is 1.96. The number of alkyl halides is 3. The summed E-state index contributed by atoms with van der Waals surface area (Å²) in [6.07, 6.45) is 4.43. The molecule has 0 spiro atoms. The maximum Gasteiger partial charge on any atom is 0.416 e. The Hall–Kier alpha value is -2.36. The van der Waals surface area contributed by atoms with E-state index in [2.05, 4.69) is 0 Å². The molecule has 0 bridgehead atoms. The molecule has 0 aromatic heterocycles. The van der Waals surface area contributed by atoms with Gasteiger partial charge in [0.1, 0.15) is 0 Å². The van der Waals surface area contributed by atoms with Crippen molar-refractivity contribution < 1.29 is 18.0 Å². The van der Waals surface area contributed by atoms with Crippen LogP contribution in [0.3, 0.4) is 0 Å². The fourth-order valence-electron chi connectivity index (χ4n) is 3.43. The minimum Gasteiger partial charge on any atom is -0.289 e. The maximum absolute atomic E-state index is 13.1. The molecule has 0 saturated heterocycles. The van der Waals surface area contributed by atoms with Gasteiger partial charge in [-0.2, -0.15) is 13.2 Å². The highest BCUT2D eigenvalue weighted by molar-refractivity contribution is 6.09. The molecule has 0 amide bonds. The molecule has 2 aromatic carbocycles. The molecule has 136 valence electrons. The van der Waals surface area contributed by atoms with Crippen molar-refractivity contribution in [2.75, 3.05) is 0 Å². The molecular formula is C22H21F3O. The number of hydrogen-bond acceptors (Lipinski definition) is 1. The molecule has 0 N–H and O–H groups in total. The average molecular weight is 358 g/mol. The monoisotopic (exact) mass is 358 g/mol. The predicted molar refractivity (Wildman–Crippen MR) is 96.9 cm³/mol. The average Bonchev–Trinajstić information content (AvgIpc) is 2.66. The van der Waals surface area contributed by atoms with Crippen molar-refractivity contribution in [3.8, 4) is 11.1 Å². The number of benzene rings is 2. The van der Waals surface area contributed by atoms with Crippen LogP contribution in [0.1, 0.15) is 48.0 Å². The molecule has 1 aliphatic carbocycles. The van der Waals surface area contributed by atoms with E-state index in [1.807, 2.05) is 12.1 Å². The van der Waals surface area contributed by atoms with Gasteiger partial charge in [-0.3, -0.25) is 4.79 Å². The third kappa shape index (κ3) is 4.43. The first-order valence-corrected chi connectivity index (χ1v) is 8.94. The number of hydrogen-bond donors (Lipinski definition) is 0. The van der Waals surface area contributed by atoms with Crippen molar-refractivity contribution in [1.29, 1.82) is 0 Å². The first kappa shape index (κ1) is 18.4. The van der Waals surface area contributed by atoms with Gasteiger partial charge in [0.05, 0.1) is 5.56 Å². The fourth-order valence-corrected chi connectivity index (χ4v) is 3.43. The van der Waals surface area contributed by atoms with E-state index in [1.165, 1.54) is 18.6 Å². The largest absolute Gasteiger partial charge is 0.416 e. The van der Waals surface area contributed by atoms with Crippen LogP contribution in [-0.2, 0) is 6.18 Å². The lowest BCUT2D eigenvalue weighted by Crippen LogP contribution is -2.09. The molecule has 26 heavy (non-hydrogen) atoms. The van der Waals surface area contributed by atoms with Crippen LogP contribution in [-0.4, -0.2) is 5.78 Å². The van der Waals surface area contributed by atoms with Gasteiger partial charge in [0.25, 0.3) is 0 Å². The van der Waals surface area contributed by atoms with Gasteiger partial charge in [-0.05, 0) is 48.1 Å². The molecule has 3 rings (SSSR count). The molecule has 1 aliphatic rings. The van der Waals surface area contributed by atoms with Crippen LogP contribution < -0.4 is 0 Å². The van der Waals surface area contributed by atoms with E-state index < -0.39 is 11.7 Å². The Labute approximate surface area is 151 Å². The van der Waals surface area contributed by atoms with Gasteiger partial charge < -0.3 is 0 Å². The molecule has 1 saturated carbocycles. The maximum atomic E-state index is 13.1. The fraction of sp³-hybridized carbons (Fsp3) is 0.318. The van der Waals surface area contributed by atoms with E-state index in [9.17, 15) is 18.0 Å². The molecular weight excluding hydrogens is 337 g/mol. The van der Waals surface area contributed by atoms with Gasteiger partial charge in [-0.1, -0.05) is 61.7 Å². The summed E-state index contributed by atoms with van der Waals surface area (Å²) in [5.74, 6) is -0.0285. The summed E-state index contributed by atoms with van der Waals surface area (Å²) in [5.41, 5.74) is 0.553. The number of carbonyl (C=O) groups excluding carboxylic acids is 1. The van der Waals surface area contributed by atoms with E-state index in [-0.39, 0.29) is 11.3 Å². The predicted octanol–water partition coefficient (Wildman–Crippen LogP) is 6.69. The first-order chi connectivity index (χ1) is 12.4. The number of carbonyl (C=O) groups is 1. The van der Waals surface area contributed by atoms with Crippen molar-refractivity contribution in [2.24, 2.45) is 5.92 Å². The van der Waals surface area contributed by atoms with Crippen LogP contribution in [0.15, 0.2) is 60.7 Å². The third-order valence-electron chi connectivity index (χ3n) is 4.87. The summed E-state index contributed by atoms with van der Waals surface area (Å²) in [4.78, 5) is 12.7.